The molecule has 2 aliphatic carbocycles. The highest BCUT2D eigenvalue weighted by Crippen LogP contribution is 2.49. The summed E-state index contributed by atoms with van der Waals surface area (Å²) in [6, 6.07) is 19.9. The number of rotatable bonds is 3. The average molecular weight is 559 g/mol. The Balaban J connectivity index is 1.48. The van der Waals surface area contributed by atoms with E-state index in [4.69, 9.17) is 0 Å². The zero-order chi connectivity index (χ0) is 29.1. The van der Waals surface area contributed by atoms with Crippen molar-refractivity contribution in [3.63, 3.8) is 0 Å². The first-order valence-electron chi connectivity index (χ1n) is 14.1. The fourth-order valence-corrected chi connectivity index (χ4v) is 6.02. The van der Waals surface area contributed by atoms with E-state index in [1.54, 1.807) is 4.90 Å². The molecule has 1 fully saturated rings. The zero-order valence-corrected chi connectivity index (χ0v) is 23.4. The van der Waals surface area contributed by atoms with Crippen molar-refractivity contribution in [2.75, 3.05) is 10.2 Å². The molecule has 4 nitrogen and oxygen atoms in total. The topological polar surface area (TPSA) is 49.4 Å². The van der Waals surface area contributed by atoms with E-state index in [0.29, 0.717) is 28.9 Å². The Bertz CT molecular complexity index is 1530. The summed E-state index contributed by atoms with van der Waals surface area (Å²) in [4.78, 5) is 29.6. The lowest BCUT2D eigenvalue weighted by atomic mass is 9.77. The Morgan fingerprint density at radius 2 is 1.44 bits per heavy atom. The van der Waals surface area contributed by atoms with Gasteiger partial charge in [-0.25, -0.2) is 0 Å². The molecule has 0 radical (unpaired) electrons. The van der Waals surface area contributed by atoms with Crippen LogP contribution in [0, 0.1) is 5.92 Å². The van der Waals surface area contributed by atoms with Crippen LogP contribution in [0.2, 0.25) is 0 Å². The number of amides is 1. The Morgan fingerprint density at radius 3 is 2.05 bits per heavy atom. The number of ketones is 1. The van der Waals surface area contributed by atoms with Crippen LogP contribution in [-0.2, 0) is 21.2 Å². The summed E-state index contributed by atoms with van der Waals surface area (Å²) < 4.78 is 40.3. The average Bonchev–Trinajstić information content (AvgIpc) is 3.78. The van der Waals surface area contributed by atoms with E-state index in [1.807, 2.05) is 24.3 Å². The minimum Gasteiger partial charge on any atom is -0.357 e. The van der Waals surface area contributed by atoms with Crippen LogP contribution in [0.15, 0.2) is 84.1 Å². The van der Waals surface area contributed by atoms with Crippen molar-refractivity contribution in [1.82, 2.24) is 0 Å². The number of alkyl halides is 3. The zero-order valence-electron chi connectivity index (χ0n) is 23.4. The second-order valence-corrected chi connectivity index (χ2v) is 12.4. The quantitative estimate of drug-likeness (QED) is 0.352. The van der Waals surface area contributed by atoms with Gasteiger partial charge in [0.1, 0.15) is 0 Å². The molecule has 0 unspecified atom stereocenters. The third kappa shape index (κ3) is 5.18. The van der Waals surface area contributed by atoms with Gasteiger partial charge in [-0.2, -0.15) is 13.2 Å². The van der Waals surface area contributed by atoms with Crippen LogP contribution in [-0.4, -0.2) is 11.7 Å². The number of hydrogen-bond donors (Lipinski definition) is 1. The molecule has 0 spiro atoms. The van der Waals surface area contributed by atoms with Gasteiger partial charge in [0.05, 0.1) is 23.0 Å². The van der Waals surface area contributed by atoms with Gasteiger partial charge in [-0.15, -0.1) is 0 Å². The summed E-state index contributed by atoms with van der Waals surface area (Å²) in [6.45, 7) is 6.48. The molecule has 0 aromatic heterocycles. The number of para-hydroxylation sites is 2. The van der Waals surface area contributed by atoms with E-state index in [-0.39, 0.29) is 35.4 Å². The summed E-state index contributed by atoms with van der Waals surface area (Å²) >= 11 is 0. The second-order valence-electron chi connectivity index (χ2n) is 12.4. The smallest absolute Gasteiger partial charge is 0.357 e. The highest BCUT2D eigenvalue weighted by molar-refractivity contribution is 6.07. The maximum absolute atomic E-state index is 14.1. The van der Waals surface area contributed by atoms with Gasteiger partial charge in [0.2, 0.25) is 5.91 Å². The molecule has 6 rings (SSSR count). The van der Waals surface area contributed by atoms with E-state index in [0.717, 1.165) is 36.2 Å². The van der Waals surface area contributed by atoms with Crippen molar-refractivity contribution in [3.8, 4) is 0 Å². The van der Waals surface area contributed by atoms with Gasteiger partial charge < -0.3 is 5.32 Å². The molecule has 1 N–H and O–H groups in total. The third-order valence-electron chi connectivity index (χ3n) is 8.45. The molecular formula is C34H33F3N2O2. The first kappa shape index (κ1) is 27.3. The molecule has 212 valence electrons. The lowest BCUT2D eigenvalue weighted by Crippen LogP contribution is -2.39. The summed E-state index contributed by atoms with van der Waals surface area (Å²) in [5.74, 6) is -0.427. The summed E-state index contributed by atoms with van der Waals surface area (Å²) in [6.07, 6.45) is -2.16. The molecule has 0 saturated heterocycles. The van der Waals surface area contributed by atoms with Gasteiger partial charge in [0.25, 0.3) is 0 Å². The molecular weight excluding hydrogens is 525 g/mol. The highest BCUT2D eigenvalue weighted by Gasteiger charge is 2.45. The highest BCUT2D eigenvalue weighted by atomic mass is 19.4. The largest absolute Gasteiger partial charge is 0.416 e. The van der Waals surface area contributed by atoms with Crippen molar-refractivity contribution < 1.29 is 22.8 Å². The molecule has 1 saturated carbocycles. The van der Waals surface area contributed by atoms with Crippen LogP contribution >= 0.6 is 0 Å². The predicted octanol–water partition coefficient (Wildman–Crippen LogP) is 8.31. The number of anilines is 2. The molecule has 3 aliphatic rings. The molecule has 1 amide bonds. The number of hydrogen-bond acceptors (Lipinski definition) is 3. The minimum absolute atomic E-state index is 0.00953. The van der Waals surface area contributed by atoms with Gasteiger partial charge in [0, 0.05) is 23.6 Å². The minimum atomic E-state index is -4.49. The van der Waals surface area contributed by atoms with Crippen molar-refractivity contribution in [1.29, 1.82) is 0 Å². The maximum Gasteiger partial charge on any atom is 0.416 e. The van der Waals surface area contributed by atoms with Gasteiger partial charge in [-0.1, -0.05) is 69.3 Å². The monoisotopic (exact) mass is 558 g/mol. The number of Topliss-reactive ketones (excluding diaryl/α,β-unsaturated/α-hetero) is 1. The number of benzene rings is 3. The van der Waals surface area contributed by atoms with Gasteiger partial charge in [0.15, 0.2) is 5.78 Å². The van der Waals surface area contributed by atoms with Crippen molar-refractivity contribution >= 4 is 23.1 Å². The second kappa shape index (κ2) is 9.89. The fourth-order valence-electron chi connectivity index (χ4n) is 6.02. The lowest BCUT2D eigenvalue weighted by molar-refractivity contribution is -0.137. The molecule has 1 aliphatic heterocycles. The Kier molecular flexibility index (Phi) is 6.59. The van der Waals surface area contributed by atoms with Crippen molar-refractivity contribution in [3.05, 3.63) is 106 Å². The van der Waals surface area contributed by atoms with Gasteiger partial charge >= 0.3 is 6.18 Å². The Morgan fingerprint density at radius 1 is 0.829 bits per heavy atom. The Hall–Kier alpha value is -3.87. The van der Waals surface area contributed by atoms with Crippen LogP contribution in [0.4, 0.5) is 24.5 Å². The number of carbonyl (C=O) groups excluding carboxylic acids is 2. The normalized spacial score (nSPS) is 21.1. The van der Waals surface area contributed by atoms with E-state index >= 15 is 0 Å². The molecule has 41 heavy (non-hydrogen) atoms. The van der Waals surface area contributed by atoms with Gasteiger partial charge in [-0.05, 0) is 71.6 Å². The van der Waals surface area contributed by atoms with E-state index < -0.39 is 17.8 Å². The molecule has 3 aromatic rings. The van der Waals surface area contributed by atoms with Crippen LogP contribution in [0.3, 0.4) is 0 Å². The molecule has 1 heterocycles. The molecule has 3 aromatic carbocycles. The van der Waals surface area contributed by atoms with Crippen molar-refractivity contribution in [2.24, 2.45) is 5.92 Å². The fraction of sp³-hybridized carbons (Fsp3) is 0.353. The summed E-state index contributed by atoms with van der Waals surface area (Å²) in [7, 11) is 0. The summed E-state index contributed by atoms with van der Waals surface area (Å²) in [5, 5.41) is 3.49. The number of carbonyl (C=O) groups is 2. The molecule has 7 heteroatoms. The van der Waals surface area contributed by atoms with E-state index in [1.165, 1.54) is 17.7 Å². The number of halogens is 3. The molecule has 2 atom stereocenters. The van der Waals surface area contributed by atoms with Crippen LogP contribution in [0.5, 0.6) is 0 Å². The van der Waals surface area contributed by atoms with Crippen molar-refractivity contribution in [2.45, 2.75) is 70.0 Å². The van der Waals surface area contributed by atoms with Crippen LogP contribution in [0.1, 0.15) is 80.7 Å². The maximum atomic E-state index is 14.1. The summed E-state index contributed by atoms with van der Waals surface area (Å²) in [5.41, 5.74) is 4.51. The first-order valence-corrected chi connectivity index (χ1v) is 14.1. The third-order valence-corrected chi connectivity index (χ3v) is 8.45. The van der Waals surface area contributed by atoms with Crippen LogP contribution < -0.4 is 10.2 Å². The van der Waals surface area contributed by atoms with E-state index in [9.17, 15) is 22.8 Å². The van der Waals surface area contributed by atoms with Crippen LogP contribution in [0.25, 0.3) is 0 Å². The number of nitrogens with one attached hydrogen (secondary N) is 1. The predicted molar refractivity (Wildman–Crippen MR) is 154 cm³/mol. The standard InChI is InChI=1S/C34H33F3N2O2/c1-33(2,3)24-14-10-20(11-15-24)23-18-27-30(29(40)19-23)31(21-12-16-25(17-13-21)34(35,36)37)39(32(41)22-8-9-22)28-7-5-4-6-26(28)38-27/h4-7,10-17,22-23,31,38H,8-9,18-19H2,1-3H3/t23-,31-/m1/s1. The Labute approximate surface area is 238 Å². The number of fused-ring (bicyclic) bond motifs is 1. The molecule has 0 bridgehead atoms. The van der Waals surface area contributed by atoms with E-state index in [2.05, 4.69) is 50.4 Å². The first-order chi connectivity index (χ1) is 19.4. The van der Waals surface area contributed by atoms with Gasteiger partial charge in [-0.3, -0.25) is 14.5 Å². The number of nitrogens with zero attached hydrogens (tertiary/aromatic N) is 1. The SMILES string of the molecule is CC(C)(C)c1ccc([C@H]2CC(=O)C3=C(C2)Nc2ccccc2N(C(=O)C2CC2)[C@@H]3c2ccc(C(F)(F)F)cc2)cc1. The lowest BCUT2D eigenvalue weighted by Gasteiger charge is -2.35. The number of allylic oxidation sites excluding steroid dienone is 1.